The van der Waals surface area contributed by atoms with Crippen molar-refractivity contribution < 1.29 is 4.42 Å². The van der Waals surface area contributed by atoms with E-state index in [4.69, 9.17) is 16.0 Å². The van der Waals surface area contributed by atoms with Crippen LogP contribution in [-0.2, 0) is 6.54 Å². The molecular weight excluding hydrogens is 316 g/mol. The second-order valence-corrected chi connectivity index (χ2v) is 5.44. The van der Waals surface area contributed by atoms with Crippen LogP contribution >= 0.6 is 27.5 Å². The number of oxazole rings is 1. The smallest absolute Gasteiger partial charge is 0.211 e. The van der Waals surface area contributed by atoms with Gasteiger partial charge in [-0.15, -0.1) is 0 Å². The first-order chi connectivity index (χ1) is 8.56. The molecule has 1 N–H and O–H groups in total. The van der Waals surface area contributed by atoms with Crippen molar-refractivity contribution in [2.45, 2.75) is 26.4 Å². The van der Waals surface area contributed by atoms with Gasteiger partial charge in [-0.2, -0.15) is 0 Å². The average molecular weight is 330 g/mol. The second kappa shape index (κ2) is 5.87. The molecule has 3 nitrogen and oxygen atoms in total. The fourth-order valence-electron chi connectivity index (χ4n) is 1.60. The molecule has 0 bridgehead atoms. The van der Waals surface area contributed by atoms with Crippen LogP contribution in [0.1, 0.15) is 30.2 Å². The third kappa shape index (κ3) is 3.34. The summed E-state index contributed by atoms with van der Waals surface area (Å²) < 4.78 is 6.51. The van der Waals surface area contributed by atoms with Gasteiger partial charge in [-0.05, 0) is 37.6 Å². The van der Waals surface area contributed by atoms with E-state index in [0.29, 0.717) is 12.4 Å². The van der Waals surface area contributed by atoms with Crippen LogP contribution in [0.25, 0.3) is 0 Å². The van der Waals surface area contributed by atoms with Crippen molar-refractivity contribution in [2.24, 2.45) is 0 Å². The highest BCUT2D eigenvalue weighted by atomic mass is 79.9. The Labute approximate surface area is 120 Å². The van der Waals surface area contributed by atoms with Gasteiger partial charge >= 0.3 is 0 Å². The van der Waals surface area contributed by atoms with E-state index in [1.807, 2.05) is 32.0 Å². The minimum absolute atomic E-state index is 0.0598. The van der Waals surface area contributed by atoms with Crippen molar-refractivity contribution in [2.75, 3.05) is 0 Å². The van der Waals surface area contributed by atoms with E-state index in [9.17, 15) is 0 Å². The molecule has 2 aromatic rings. The van der Waals surface area contributed by atoms with E-state index >= 15 is 0 Å². The molecule has 1 aromatic carbocycles. The summed E-state index contributed by atoms with van der Waals surface area (Å²) in [5.41, 5.74) is 1.11. The highest BCUT2D eigenvalue weighted by Gasteiger charge is 2.11. The summed E-state index contributed by atoms with van der Waals surface area (Å²) in [4.78, 5) is 4.20. The summed E-state index contributed by atoms with van der Waals surface area (Å²) in [6, 6.07) is 5.80. The van der Waals surface area contributed by atoms with Crippen LogP contribution in [0.3, 0.4) is 0 Å². The van der Waals surface area contributed by atoms with Crippen LogP contribution < -0.4 is 5.32 Å². The molecule has 0 radical (unpaired) electrons. The lowest BCUT2D eigenvalue weighted by atomic mass is 10.2. The van der Waals surface area contributed by atoms with Gasteiger partial charge in [0.25, 0.3) is 0 Å². The quantitative estimate of drug-likeness (QED) is 0.911. The molecule has 1 aromatic heterocycles. The van der Waals surface area contributed by atoms with Crippen molar-refractivity contribution in [1.82, 2.24) is 10.3 Å². The lowest BCUT2D eigenvalue weighted by Gasteiger charge is -2.11. The SMILES string of the molecule is Cc1cnc(C(C)NCc2cc(Cl)ccc2Br)o1. The number of hydrogen-bond donors (Lipinski definition) is 1. The number of halogens is 2. The molecule has 0 spiro atoms. The van der Waals surface area contributed by atoms with E-state index in [2.05, 4.69) is 26.2 Å². The molecule has 0 saturated heterocycles. The molecule has 2 rings (SSSR count). The van der Waals surface area contributed by atoms with Gasteiger partial charge in [0.2, 0.25) is 5.89 Å². The van der Waals surface area contributed by atoms with E-state index in [-0.39, 0.29) is 6.04 Å². The van der Waals surface area contributed by atoms with Gasteiger partial charge in [-0.1, -0.05) is 27.5 Å². The summed E-state index contributed by atoms with van der Waals surface area (Å²) in [6.45, 7) is 4.60. The highest BCUT2D eigenvalue weighted by molar-refractivity contribution is 9.10. The Morgan fingerprint density at radius 2 is 2.28 bits per heavy atom. The first kappa shape index (κ1) is 13.6. The maximum atomic E-state index is 5.97. The summed E-state index contributed by atoms with van der Waals surface area (Å²) in [5, 5.41) is 4.08. The summed E-state index contributed by atoms with van der Waals surface area (Å²) in [6.07, 6.45) is 1.73. The normalized spacial score (nSPS) is 12.7. The zero-order valence-corrected chi connectivity index (χ0v) is 12.5. The number of benzene rings is 1. The first-order valence-corrected chi connectivity index (χ1v) is 6.83. The van der Waals surface area contributed by atoms with Gasteiger partial charge in [0, 0.05) is 16.0 Å². The minimum Gasteiger partial charge on any atom is -0.444 e. The molecular formula is C13H14BrClN2O. The van der Waals surface area contributed by atoms with E-state index in [0.717, 1.165) is 20.8 Å². The number of nitrogens with zero attached hydrogens (tertiary/aromatic N) is 1. The number of nitrogens with one attached hydrogen (secondary N) is 1. The molecule has 0 saturated carbocycles. The molecule has 0 aliphatic heterocycles. The fraction of sp³-hybridized carbons (Fsp3) is 0.308. The molecule has 0 aliphatic carbocycles. The van der Waals surface area contributed by atoms with E-state index < -0.39 is 0 Å². The topological polar surface area (TPSA) is 38.1 Å². The van der Waals surface area contributed by atoms with Gasteiger partial charge in [0.05, 0.1) is 12.2 Å². The molecule has 96 valence electrons. The Morgan fingerprint density at radius 1 is 1.50 bits per heavy atom. The van der Waals surface area contributed by atoms with Crippen molar-refractivity contribution in [1.29, 1.82) is 0 Å². The third-order valence-electron chi connectivity index (χ3n) is 2.62. The average Bonchev–Trinajstić information content (AvgIpc) is 2.77. The Balaban J connectivity index is 2.01. The van der Waals surface area contributed by atoms with Gasteiger partial charge in [-0.3, -0.25) is 0 Å². The number of aromatic nitrogens is 1. The van der Waals surface area contributed by atoms with Crippen molar-refractivity contribution >= 4 is 27.5 Å². The number of hydrogen-bond acceptors (Lipinski definition) is 3. The highest BCUT2D eigenvalue weighted by Crippen LogP contribution is 2.22. The standard InChI is InChI=1S/C13H14BrClN2O/c1-8-6-17-13(18-8)9(2)16-7-10-5-11(15)3-4-12(10)14/h3-6,9,16H,7H2,1-2H3. The maximum Gasteiger partial charge on any atom is 0.211 e. The second-order valence-electron chi connectivity index (χ2n) is 4.15. The molecule has 0 amide bonds. The predicted molar refractivity (Wildman–Crippen MR) is 75.6 cm³/mol. The Bertz CT molecular complexity index is 542. The van der Waals surface area contributed by atoms with Crippen LogP contribution in [0.15, 0.2) is 33.3 Å². The van der Waals surface area contributed by atoms with Crippen LogP contribution in [0, 0.1) is 6.92 Å². The Kier molecular flexibility index (Phi) is 4.43. The molecule has 1 heterocycles. The lowest BCUT2D eigenvalue weighted by molar-refractivity contribution is 0.402. The molecule has 1 atom stereocenters. The van der Waals surface area contributed by atoms with Gasteiger partial charge in [-0.25, -0.2) is 4.98 Å². The van der Waals surface area contributed by atoms with Crippen LogP contribution in [0.4, 0.5) is 0 Å². The monoisotopic (exact) mass is 328 g/mol. The molecule has 0 aliphatic rings. The summed E-state index contributed by atoms with van der Waals surface area (Å²) in [5.74, 6) is 1.52. The molecule has 1 unspecified atom stereocenters. The Morgan fingerprint density at radius 3 is 2.94 bits per heavy atom. The molecule has 5 heteroatoms. The lowest BCUT2D eigenvalue weighted by Crippen LogP contribution is -2.18. The maximum absolute atomic E-state index is 5.97. The molecule has 18 heavy (non-hydrogen) atoms. The number of rotatable bonds is 4. The predicted octanol–water partition coefficient (Wildman–Crippen LogP) is 4.25. The zero-order valence-electron chi connectivity index (χ0n) is 10.2. The van der Waals surface area contributed by atoms with E-state index in [1.54, 1.807) is 6.20 Å². The van der Waals surface area contributed by atoms with Crippen molar-refractivity contribution in [3.05, 3.63) is 51.1 Å². The van der Waals surface area contributed by atoms with Crippen molar-refractivity contribution in [3.63, 3.8) is 0 Å². The van der Waals surface area contributed by atoms with Crippen molar-refractivity contribution in [3.8, 4) is 0 Å². The summed E-state index contributed by atoms with van der Waals surface area (Å²) in [7, 11) is 0. The van der Waals surface area contributed by atoms with Gasteiger partial charge in [0.1, 0.15) is 5.76 Å². The van der Waals surface area contributed by atoms with Gasteiger partial charge in [0.15, 0.2) is 0 Å². The van der Waals surface area contributed by atoms with Crippen LogP contribution in [0.5, 0.6) is 0 Å². The number of aryl methyl sites for hydroxylation is 1. The fourth-order valence-corrected chi connectivity index (χ4v) is 2.18. The third-order valence-corrected chi connectivity index (χ3v) is 3.62. The summed E-state index contributed by atoms with van der Waals surface area (Å²) >= 11 is 9.48. The van der Waals surface area contributed by atoms with Crippen LogP contribution in [0.2, 0.25) is 5.02 Å². The molecule has 0 fully saturated rings. The van der Waals surface area contributed by atoms with E-state index in [1.165, 1.54) is 0 Å². The first-order valence-electron chi connectivity index (χ1n) is 5.66. The zero-order chi connectivity index (χ0) is 13.1. The van der Waals surface area contributed by atoms with Crippen LogP contribution in [-0.4, -0.2) is 4.98 Å². The minimum atomic E-state index is 0.0598. The Hall–Kier alpha value is -0.840. The largest absolute Gasteiger partial charge is 0.444 e. The van der Waals surface area contributed by atoms with Gasteiger partial charge < -0.3 is 9.73 Å².